The predicted molar refractivity (Wildman–Crippen MR) is 78.4 cm³/mol. The molecule has 0 bridgehead atoms. The summed E-state index contributed by atoms with van der Waals surface area (Å²) < 4.78 is 0. The summed E-state index contributed by atoms with van der Waals surface area (Å²) in [5.74, 6) is -0.564. The largest absolute Gasteiger partial charge is 0.277 e. The Morgan fingerprint density at radius 3 is 2.81 bits per heavy atom. The van der Waals surface area contributed by atoms with Gasteiger partial charge >= 0.3 is 0 Å². The van der Waals surface area contributed by atoms with E-state index in [0.29, 0.717) is 12.2 Å². The number of aromatic nitrogens is 1. The van der Waals surface area contributed by atoms with Crippen molar-refractivity contribution in [1.82, 2.24) is 9.88 Å². The van der Waals surface area contributed by atoms with Crippen LogP contribution >= 0.6 is 0 Å². The highest BCUT2D eigenvalue weighted by molar-refractivity contribution is 6.11. The number of hydrogen-bond donors (Lipinski definition) is 0. The molecule has 2 aliphatic heterocycles. The minimum Gasteiger partial charge on any atom is -0.277 e. The number of hydrogen-bond acceptors (Lipinski definition) is 4. The van der Waals surface area contributed by atoms with Crippen LogP contribution in [0, 0.1) is 5.92 Å². The molecule has 6 heteroatoms. The molecule has 2 unspecified atom stereocenters. The van der Waals surface area contributed by atoms with Gasteiger partial charge in [0.05, 0.1) is 0 Å². The van der Waals surface area contributed by atoms with Crippen LogP contribution in [0.1, 0.15) is 19.8 Å². The number of nitrogens with zero attached hydrogens (tertiary/aromatic N) is 4. The van der Waals surface area contributed by atoms with Crippen molar-refractivity contribution in [2.45, 2.75) is 26.1 Å². The van der Waals surface area contributed by atoms with E-state index in [1.807, 2.05) is 13.0 Å². The van der Waals surface area contributed by atoms with Crippen LogP contribution in [-0.4, -0.2) is 34.2 Å². The van der Waals surface area contributed by atoms with Crippen molar-refractivity contribution in [3.8, 4) is 0 Å². The fourth-order valence-corrected chi connectivity index (χ4v) is 2.62. The summed E-state index contributed by atoms with van der Waals surface area (Å²) >= 11 is 0. The van der Waals surface area contributed by atoms with Gasteiger partial charge in [0, 0.05) is 18.6 Å². The van der Waals surface area contributed by atoms with Gasteiger partial charge in [-0.2, -0.15) is 0 Å². The topological polar surface area (TPSA) is 65.9 Å². The second-order valence-corrected chi connectivity index (χ2v) is 4.97. The Hall–Kier alpha value is -2.50. The van der Waals surface area contributed by atoms with E-state index >= 15 is 0 Å². The van der Waals surface area contributed by atoms with E-state index in [1.54, 1.807) is 36.8 Å². The van der Waals surface area contributed by atoms with Gasteiger partial charge in [0.15, 0.2) is 0 Å². The smallest absolute Gasteiger partial charge is 0.243 e. The van der Waals surface area contributed by atoms with Gasteiger partial charge in [-0.3, -0.25) is 19.4 Å². The summed E-state index contributed by atoms with van der Waals surface area (Å²) in [6.07, 6.45) is 7.22. The summed E-state index contributed by atoms with van der Waals surface area (Å²) in [5.41, 5.74) is 0. The number of carbonyl (C=O) groups is 2. The quantitative estimate of drug-likeness (QED) is 0.791. The van der Waals surface area contributed by atoms with Gasteiger partial charge in [-0.05, 0) is 24.6 Å². The molecule has 0 aromatic carbocycles. The molecule has 0 spiro atoms. The maximum absolute atomic E-state index is 12.7. The van der Waals surface area contributed by atoms with Crippen LogP contribution in [0.4, 0.5) is 5.82 Å². The molecular formula is C15H16N4O2. The second-order valence-electron chi connectivity index (χ2n) is 4.97. The first kappa shape index (κ1) is 13.5. The first-order valence-corrected chi connectivity index (χ1v) is 7.00. The van der Waals surface area contributed by atoms with Crippen LogP contribution in [-0.2, 0) is 9.59 Å². The van der Waals surface area contributed by atoms with Crippen LogP contribution in [0.3, 0.4) is 0 Å². The molecule has 1 aromatic heterocycles. The standard InChI is InChI=1S/C15H16N4O2/c1-2-6-11-13(20)18-10-5-9-17-15(18)19(14(11)21)12-7-3-4-8-16-12/h3-5,7-11,15H,2,6H2,1H3. The molecule has 6 nitrogen and oxygen atoms in total. The number of aliphatic imine (C=N–C) groups is 1. The Morgan fingerprint density at radius 1 is 1.24 bits per heavy atom. The predicted octanol–water partition coefficient (Wildman–Crippen LogP) is 1.55. The van der Waals surface area contributed by atoms with Gasteiger partial charge in [0.1, 0.15) is 11.7 Å². The van der Waals surface area contributed by atoms with Crippen LogP contribution in [0.25, 0.3) is 0 Å². The maximum atomic E-state index is 12.7. The second kappa shape index (κ2) is 5.47. The van der Waals surface area contributed by atoms with Crippen molar-refractivity contribution in [2.24, 2.45) is 10.9 Å². The first-order valence-electron chi connectivity index (χ1n) is 7.00. The fraction of sp³-hybridized carbons (Fsp3) is 0.333. The molecular weight excluding hydrogens is 268 g/mol. The summed E-state index contributed by atoms with van der Waals surface area (Å²) in [6, 6.07) is 5.35. The van der Waals surface area contributed by atoms with Crippen molar-refractivity contribution < 1.29 is 9.59 Å². The highest BCUT2D eigenvalue weighted by Gasteiger charge is 2.46. The molecule has 3 heterocycles. The summed E-state index contributed by atoms with van der Waals surface area (Å²) in [4.78, 5) is 36.7. The SMILES string of the molecule is CCCC1C(=O)N2C=CC=NC2N(c2ccccn2)C1=O. The van der Waals surface area contributed by atoms with Crippen LogP contribution < -0.4 is 4.90 Å². The minimum absolute atomic E-state index is 0.188. The van der Waals surface area contributed by atoms with E-state index in [4.69, 9.17) is 0 Å². The normalized spacial score (nSPS) is 24.4. The van der Waals surface area contributed by atoms with Crippen LogP contribution in [0.5, 0.6) is 0 Å². The third kappa shape index (κ3) is 2.22. The van der Waals surface area contributed by atoms with Crippen molar-refractivity contribution in [2.75, 3.05) is 4.90 Å². The van der Waals surface area contributed by atoms with Crippen molar-refractivity contribution >= 4 is 23.8 Å². The lowest BCUT2D eigenvalue weighted by Crippen LogP contribution is -2.61. The molecule has 3 rings (SSSR count). The van der Waals surface area contributed by atoms with E-state index in [2.05, 4.69) is 9.98 Å². The lowest BCUT2D eigenvalue weighted by Gasteiger charge is -2.42. The van der Waals surface area contributed by atoms with Crippen molar-refractivity contribution in [1.29, 1.82) is 0 Å². The first-order chi connectivity index (χ1) is 10.2. The molecule has 0 saturated carbocycles. The monoisotopic (exact) mass is 284 g/mol. The molecule has 1 fully saturated rings. The molecule has 108 valence electrons. The van der Waals surface area contributed by atoms with Crippen LogP contribution in [0.2, 0.25) is 0 Å². The van der Waals surface area contributed by atoms with Gasteiger partial charge in [-0.1, -0.05) is 19.4 Å². The summed E-state index contributed by atoms with van der Waals surface area (Å²) in [5, 5.41) is 0. The number of carbonyl (C=O) groups excluding carboxylic acids is 2. The highest BCUT2D eigenvalue weighted by atomic mass is 16.2. The maximum Gasteiger partial charge on any atom is 0.243 e. The van der Waals surface area contributed by atoms with Crippen LogP contribution in [0.15, 0.2) is 41.7 Å². The molecule has 21 heavy (non-hydrogen) atoms. The van der Waals surface area contributed by atoms with E-state index in [-0.39, 0.29) is 11.8 Å². The molecule has 0 aliphatic carbocycles. The van der Waals surface area contributed by atoms with E-state index in [1.165, 1.54) is 9.80 Å². The zero-order valence-electron chi connectivity index (χ0n) is 11.7. The van der Waals surface area contributed by atoms with Gasteiger partial charge in [0.25, 0.3) is 0 Å². The van der Waals surface area contributed by atoms with Gasteiger partial charge in [-0.15, -0.1) is 0 Å². The third-order valence-electron chi connectivity index (χ3n) is 3.59. The lowest BCUT2D eigenvalue weighted by atomic mass is 9.97. The summed E-state index contributed by atoms with van der Waals surface area (Å²) in [7, 11) is 0. The van der Waals surface area contributed by atoms with E-state index in [0.717, 1.165) is 6.42 Å². The number of anilines is 1. The summed E-state index contributed by atoms with van der Waals surface area (Å²) in [6.45, 7) is 1.96. The molecule has 1 aromatic rings. The molecule has 1 saturated heterocycles. The minimum atomic E-state index is -0.669. The van der Waals surface area contributed by atoms with Crippen molar-refractivity contribution in [3.05, 3.63) is 36.7 Å². The Labute approximate surface area is 122 Å². The number of allylic oxidation sites excluding steroid dienone is 1. The highest BCUT2D eigenvalue weighted by Crippen LogP contribution is 2.30. The van der Waals surface area contributed by atoms with Gasteiger partial charge in [0.2, 0.25) is 18.1 Å². The van der Waals surface area contributed by atoms with E-state index in [9.17, 15) is 9.59 Å². The number of rotatable bonds is 3. The molecule has 0 radical (unpaired) electrons. The van der Waals surface area contributed by atoms with Crippen molar-refractivity contribution in [3.63, 3.8) is 0 Å². The van der Waals surface area contributed by atoms with Gasteiger partial charge < -0.3 is 0 Å². The zero-order chi connectivity index (χ0) is 14.8. The Balaban J connectivity index is 2.03. The Bertz CT molecular complexity index is 611. The lowest BCUT2D eigenvalue weighted by molar-refractivity contribution is -0.146. The number of pyridine rings is 1. The molecule has 2 atom stereocenters. The third-order valence-corrected chi connectivity index (χ3v) is 3.59. The number of amides is 2. The fourth-order valence-electron chi connectivity index (χ4n) is 2.62. The number of fused-ring (bicyclic) bond motifs is 1. The average molecular weight is 284 g/mol. The molecule has 2 aliphatic rings. The van der Waals surface area contributed by atoms with Gasteiger partial charge in [-0.25, -0.2) is 9.98 Å². The Morgan fingerprint density at radius 2 is 2.10 bits per heavy atom. The zero-order valence-corrected chi connectivity index (χ0v) is 11.7. The van der Waals surface area contributed by atoms with E-state index < -0.39 is 12.2 Å². The molecule has 0 N–H and O–H groups in total. The average Bonchev–Trinajstić information content (AvgIpc) is 2.53. The molecule has 2 amide bonds. The Kier molecular flexibility index (Phi) is 3.51.